The number of rotatable bonds is 6. The van der Waals surface area contributed by atoms with Gasteiger partial charge in [0.25, 0.3) is 0 Å². The highest BCUT2D eigenvalue weighted by molar-refractivity contribution is 6.30. The number of nitrogens with one attached hydrogen (secondary N) is 1. The van der Waals surface area contributed by atoms with Gasteiger partial charge in [-0.25, -0.2) is 0 Å². The van der Waals surface area contributed by atoms with Crippen molar-refractivity contribution in [2.75, 3.05) is 26.0 Å². The van der Waals surface area contributed by atoms with Gasteiger partial charge in [0.15, 0.2) is 0 Å². The molecule has 0 radical (unpaired) electrons. The SMILES string of the molecule is CN(C)CCc1ccc(NC(=O)/C=C/c2cccc(Cl)c2)cc1. The van der Waals surface area contributed by atoms with Crippen molar-refractivity contribution in [1.82, 2.24) is 4.90 Å². The van der Waals surface area contributed by atoms with Crippen LogP contribution in [0.5, 0.6) is 0 Å². The van der Waals surface area contributed by atoms with Crippen molar-refractivity contribution in [2.24, 2.45) is 0 Å². The zero-order chi connectivity index (χ0) is 16.7. The fraction of sp³-hybridized carbons (Fsp3) is 0.211. The average molecular weight is 329 g/mol. The normalized spacial score (nSPS) is 11.1. The Morgan fingerprint density at radius 1 is 1.17 bits per heavy atom. The molecule has 4 heteroatoms. The standard InChI is InChI=1S/C19H21ClN2O/c1-22(2)13-12-15-6-9-18(10-7-15)21-19(23)11-8-16-4-3-5-17(20)14-16/h3-11,14H,12-13H2,1-2H3,(H,21,23)/b11-8+. The Hall–Kier alpha value is -2.10. The first kappa shape index (κ1) is 17.3. The van der Waals surface area contributed by atoms with E-state index in [-0.39, 0.29) is 5.91 Å². The lowest BCUT2D eigenvalue weighted by molar-refractivity contribution is -0.111. The summed E-state index contributed by atoms with van der Waals surface area (Å²) in [4.78, 5) is 14.1. The predicted molar refractivity (Wildman–Crippen MR) is 97.8 cm³/mol. The van der Waals surface area contributed by atoms with E-state index in [1.54, 1.807) is 12.1 Å². The minimum absolute atomic E-state index is 0.161. The first-order valence-corrected chi connectivity index (χ1v) is 7.89. The van der Waals surface area contributed by atoms with Gasteiger partial charge in [0.2, 0.25) is 5.91 Å². The van der Waals surface area contributed by atoms with E-state index in [2.05, 4.69) is 24.3 Å². The monoisotopic (exact) mass is 328 g/mol. The molecule has 0 spiro atoms. The van der Waals surface area contributed by atoms with Crippen molar-refractivity contribution >= 4 is 29.3 Å². The highest BCUT2D eigenvalue weighted by Gasteiger charge is 2.00. The van der Waals surface area contributed by atoms with Gasteiger partial charge in [-0.15, -0.1) is 0 Å². The maximum atomic E-state index is 11.9. The molecule has 2 aromatic rings. The van der Waals surface area contributed by atoms with Gasteiger partial charge in [0.05, 0.1) is 0 Å². The number of hydrogen-bond acceptors (Lipinski definition) is 2. The van der Waals surface area contributed by atoms with E-state index in [9.17, 15) is 4.79 Å². The van der Waals surface area contributed by atoms with E-state index in [4.69, 9.17) is 11.6 Å². The van der Waals surface area contributed by atoms with E-state index in [0.717, 1.165) is 24.2 Å². The van der Waals surface area contributed by atoms with Crippen molar-refractivity contribution < 1.29 is 4.79 Å². The predicted octanol–water partition coefficient (Wildman–Crippen LogP) is 4.10. The summed E-state index contributed by atoms with van der Waals surface area (Å²) in [5.41, 5.74) is 2.94. The number of hydrogen-bond donors (Lipinski definition) is 1. The van der Waals surface area contributed by atoms with E-state index in [1.807, 2.05) is 42.5 Å². The van der Waals surface area contributed by atoms with Gasteiger partial charge in [-0.1, -0.05) is 35.9 Å². The van der Waals surface area contributed by atoms with Crippen molar-refractivity contribution in [3.8, 4) is 0 Å². The number of anilines is 1. The number of carbonyl (C=O) groups excluding carboxylic acids is 1. The lowest BCUT2D eigenvalue weighted by atomic mass is 10.1. The van der Waals surface area contributed by atoms with Crippen LogP contribution in [0, 0.1) is 0 Å². The smallest absolute Gasteiger partial charge is 0.248 e. The second-order valence-electron chi connectivity index (χ2n) is 5.63. The Labute approximate surface area is 142 Å². The van der Waals surface area contributed by atoms with Crippen LogP contribution in [0.1, 0.15) is 11.1 Å². The maximum absolute atomic E-state index is 11.9. The van der Waals surface area contributed by atoms with E-state index >= 15 is 0 Å². The zero-order valence-corrected chi connectivity index (χ0v) is 14.2. The van der Waals surface area contributed by atoms with Gasteiger partial charge in [-0.05, 0) is 62.0 Å². The first-order chi connectivity index (χ1) is 11.0. The molecule has 2 aromatic carbocycles. The van der Waals surface area contributed by atoms with E-state index in [1.165, 1.54) is 11.6 Å². The molecule has 23 heavy (non-hydrogen) atoms. The molecule has 3 nitrogen and oxygen atoms in total. The van der Waals surface area contributed by atoms with Gasteiger partial charge in [-0.2, -0.15) is 0 Å². The molecule has 0 bridgehead atoms. The molecule has 0 fully saturated rings. The second kappa shape index (κ2) is 8.51. The Morgan fingerprint density at radius 2 is 1.91 bits per heavy atom. The molecule has 0 aliphatic rings. The largest absolute Gasteiger partial charge is 0.323 e. The van der Waals surface area contributed by atoms with E-state index in [0.29, 0.717) is 5.02 Å². The van der Waals surface area contributed by atoms with Crippen LogP contribution < -0.4 is 5.32 Å². The fourth-order valence-electron chi connectivity index (χ4n) is 2.07. The number of likely N-dealkylation sites (N-methyl/N-ethyl adjacent to an activating group) is 1. The second-order valence-corrected chi connectivity index (χ2v) is 6.06. The number of benzene rings is 2. The summed E-state index contributed by atoms with van der Waals surface area (Å²) in [7, 11) is 4.11. The Balaban J connectivity index is 1.90. The summed E-state index contributed by atoms with van der Waals surface area (Å²) < 4.78 is 0. The molecule has 0 aliphatic carbocycles. The van der Waals surface area contributed by atoms with Crippen LogP contribution >= 0.6 is 11.6 Å². The lowest BCUT2D eigenvalue weighted by Crippen LogP contribution is -2.15. The molecule has 0 aliphatic heterocycles. The number of nitrogens with zero attached hydrogens (tertiary/aromatic N) is 1. The van der Waals surface area contributed by atoms with Crippen molar-refractivity contribution in [1.29, 1.82) is 0 Å². The molecule has 0 saturated carbocycles. The van der Waals surface area contributed by atoms with Crippen molar-refractivity contribution in [2.45, 2.75) is 6.42 Å². The lowest BCUT2D eigenvalue weighted by Gasteiger charge is -2.09. The quantitative estimate of drug-likeness (QED) is 0.810. The number of amides is 1. The van der Waals surface area contributed by atoms with Gasteiger partial charge < -0.3 is 10.2 Å². The summed E-state index contributed by atoms with van der Waals surface area (Å²) in [5.74, 6) is -0.161. The Bertz CT molecular complexity index is 678. The molecule has 120 valence electrons. The fourth-order valence-corrected chi connectivity index (χ4v) is 2.27. The van der Waals surface area contributed by atoms with E-state index < -0.39 is 0 Å². The van der Waals surface area contributed by atoms with Gasteiger partial charge >= 0.3 is 0 Å². The van der Waals surface area contributed by atoms with Crippen LogP contribution in [0.25, 0.3) is 6.08 Å². The average Bonchev–Trinajstić information content (AvgIpc) is 2.52. The number of halogens is 1. The molecule has 0 atom stereocenters. The highest BCUT2D eigenvalue weighted by atomic mass is 35.5. The van der Waals surface area contributed by atoms with Crippen LogP contribution in [-0.4, -0.2) is 31.4 Å². The minimum Gasteiger partial charge on any atom is -0.323 e. The van der Waals surface area contributed by atoms with Crippen LogP contribution in [0.15, 0.2) is 54.6 Å². The van der Waals surface area contributed by atoms with Gasteiger partial charge in [0.1, 0.15) is 0 Å². The van der Waals surface area contributed by atoms with Crippen LogP contribution in [0.2, 0.25) is 5.02 Å². The zero-order valence-electron chi connectivity index (χ0n) is 13.4. The molecule has 0 saturated heterocycles. The van der Waals surface area contributed by atoms with Gasteiger partial charge in [-0.3, -0.25) is 4.79 Å². The van der Waals surface area contributed by atoms with Crippen LogP contribution in [0.4, 0.5) is 5.69 Å². The molecule has 1 amide bonds. The van der Waals surface area contributed by atoms with Gasteiger partial charge in [0, 0.05) is 23.3 Å². The Kier molecular flexibility index (Phi) is 6.39. The third-order valence-electron chi connectivity index (χ3n) is 3.34. The molecule has 2 rings (SSSR count). The summed E-state index contributed by atoms with van der Waals surface area (Å²) in [5, 5.41) is 3.50. The van der Waals surface area contributed by atoms with Crippen molar-refractivity contribution in [3.63, 3.8) is 0 Å². The van der Waals surface area contributed by atoms with Crippen LogP contribution in [0.3, 0.4) is 0 Å². The molecular weight excluding hydrogens is 308 g/mol. The third-order valence-corrected chi connectivity index (χ3v) is 3.58. The summed E-state index contributed by atoms with van der Waals surface area (Å²) in [6.45, 7) is 1.01. The topological polar surface area (TPSA) is 32.3 Å². The number of carbonyl (C=O) groups is 1. The van der Waals surface area contributed by atoms with Crippen LogP contribution in [-0.2, 0) is 11.2 Å². The first-order valence-electron chi connectivity index (χ1n) is 7.51. The summed E-state index contributed by atoms with van der Waals surface area (Å²) in [6, 6.07) is 15.3. The van der Waals surface area contributed by atoms with Crippen molar-refractivity contribution in [3.05, 3.63) is 70.8 Å². The Morgan fingerprint density at radius 3 is 2.57 bits per heavy atom. The highest BCUT2D eigenvalue weighted by Crippen LogP contribution is 2.13. The molecule has 0 unspecified atom stereocenters. The summed E-state index contributed by atoms with van der Waals surface area (Å²) in [6.07, 6.45) is 4.24. The molecular formula is C19H21ClN2O. The minimum atomic E-state index is -0.161. The molecule has 1 N–H and O–H groups in total. The third kappa shape index (κ3) is 6.27. The molecule has 0 aromatic heterocycles. The summed E-state index contributed by atoms with van der Waals surface area (Å²) >= 11 is 5.91. The maximum Gasteiger partial charge on any atom is 0.248 e. The molecule has 0 heterocycles.